The van der Waals surface area contributed by atoms with Crippen LogP contribution in [0.1, 0.15) is 33.8 Å². The van der Waals surface area contributed by atoms with Crippen molar-refractivity contribution < 1.29 is 14.0 Å². The number of carbonyl (C=O) groups excluding carboxylic acids is 2. The van der Waals surface area contributed by atoms with E-state index in [2.05, 4.69) is 5.32 Å². The van der Waals surface area contributed by atoms with Crippen molar-refractivity contribution in [2.45, 2.75) is 26.3 Å². The van der Waals surface area contributed by atoms with Gasteiger partial charge in [0.25, 0.3) is 5.91 Å². The number of amides is 2. The molecular formula is C21H20N2O3S. The lowest BCUT2D eigenvalue weighted by molar-refractivity contribution is -0.117. The smallest absolute Gasteiger partial charge is 0.268 e. The Morgan fingerprint density at radius 2 is 1.93 bits per heavy atom. The minimum Gasteiger partial charge on any atom is -0.467 e. The van der Waals surface area contributed by atoms with Crippen LogP contribution in [0.25, 0.3) is 0 Å². The van der Waals surface area contributed by atoms with Gasteiger partial charge in [0.05, 0.1) is 22.7 Å². The van der Waals surface area contributed by atoms with Gasteiger partial charge in [0.1, 0.15) is 5.76 Å². The fourth-order valence-electron chi connectivity index (χ4n) is 2.79. The molecule has 3 aromatic rings. The lowest BCUT2D eigenvalue weighted by Crippen LogP contribution is -2.29. The zero-order chi connectivity index (χ0) is 18.8. The summed E-state index contributed by atoms with van der Waals surface area (Å²) in [5.41, 5.74) is 1.93. The van der Waals surface area contributed by atoms with Crippen molar-refractivity contribution in [3.05, 3.63) is 71.0 Å². The molecule has 27 heavy (non-hydrogen) atoms. The number of hydrogen-bond acceptors (Lipinski definition) is 4. The number of hydrogen-bond donors (Lipinski definition) is 1. The summed E-state index contributed by atoms with van der Waals surface area (Å²) in [6.45, 7) is 2.35. The van der Waals surface area contributed by atoms with E-state index in [0.717, 1.165) is 24.1 Å². The van der Waals surface area contributed by atoms with Crippen LogP contribution in [-0.2, 0) is 11.3 Å². The predicted molar refractivity (Wildman–Crippen MR) is 106 cm³/mol. The SMILES string of the molecule is Cc1ccc(N(Cc2ccco2)C(=O)c2ccc(NC(=O)C3CC3)s2)cc1. The summed E-state index contributed by atoms with van der Waals surface area (Å²) < 4.78 is 5.44. The van der Waals surface area contributed by atoms with Gasteiger partial charge in [0.15, 0.2) is 0 Å². The second kappa shape index (κ2) is 7.40. The van der Waals surface area contributed by atoms with Gasteiger partial charge < -0.3 is 14.6 Å². The van der Waals surface area contributed by atoms with Crippen molar-refractivity contribution in [3.63, 3.8) is 0 Å². The number of nitrogens with zero attached hydrogens (tertiary/aromatic N) is 1. The van der Waals surface area contributed by atoms with E-state index in [1.165, 1.54) is 11.3 Å². The molecule has 2 aromatic heterocycles. The molecule has 2 amide bonds. The molecule has 0 aliphatic heterocycles. The number of anilines is 2. The highest BCUT2D eigenvalue weighted by molar-refractivity contribution is 7.18. The molecule has 0 bridgehead atoms. The Labute approximate surface area is 161 Å². The molecule has 1 N–H and O–H groups in total. The van der Waals surface area contributed by atoms with Gasteiger partial charge in [-0.15, -0.1) is 11.3 Å². The standard InChI is InChI=1S/C21H20N2O3S/c1-14-4-8-16(9-5-14)23(13-17-3-2-12-26-17)21(25)18-10-11-19(27-18)22-20(24)15-6-7-15/h2-5,8-12,15H,6-7,13H2,1H3,(H,22,24). The van der Waals surface area contributed by atoms with Crippen molar-refractivity contribution >= 4 is 33.8 Å². The van der Waals surface area contributed by atoms with Crippen molar-refractivity contribution in [1.29, 1.82) is 0 Å². The Kier molecular flexibility index (Phi) is 4.81. The fraction of sp³-hybridized carbons (Fsp3) is 0.238. The number of furan rings is 1. The molecule has 1 aliphatic rings. The van der Waals surface area contributed by atoms with E-state index in [4.69, 9.17) is 4.42 Å². The Balaban J connectivity index is 1.57. The fourth-order valence-corrected chi connectivity index (χ4v) is 3.64. The third kappa shape index (κ3) is 4.11. The van der Waals surface area contributed by atoms with Gasteiger partial charge >= 0.3 is 0 Å². The lowest BCUT2D eigenvalue weighted by atomic mass is 10.2. The topological polar surface area (TPSA) is 62.6 Å². The number of rotatable bonds is 6. The van der Waals surface area contributed by atoms with Crippen LogP contribution in [-0.4, -0.2) is 11.8 Å². The van der Waals surface area contributed by atoms with E-state index in [1.54, 1.807) is 23.3 Å². The minimum absolute atomic E-state index is 0.0434. The van der Waals surface area contributed by atoms with E-state index >= 15 is 0 Å². The summed E-state index contributed by atoms with van der Waals surface area (Å²) in [5.74, 6) is 0.769. The normalized spacial score (nSPS) is 13.4. The zero-order valence-corrected chi connectivity index (χ0v) is 15.8. The van der Waals surface area contributed by atoms with Crippen LogP contribution in [0.4, 0.5) is 10.7 Å². The maximum atomic E-state index is 13.2. The molecule has 6 heteroatoms. The van der Waals surface area contributed by atoms with Crippen LogP contribution in [0.5, 0.6) is 0 Å². The van der Waals surface area contributed by atoms with E-state index in [9.17, 15) is 9.59 Å². The first-order chi connectivity index (χ1) is 13.1. The van der Waals surface area contributed by atoms with Crippen LogP contribution >= 0.6 is 11.3 Å². The van der Waals surface area contributed by atoms with E-state index < -0.39 is 0 Å². The van der Waals surface area contributed by atoms with Gasteiger partial charge in [0.2, 0.25) is 5.91 Å². The third-order valence-electron chi connectivity index (χ3n) is 4.50. The van der Waals surface area contributed by atoms with Gasteiger partial charge in [-0.25, -0.2) is 0 Å². The third-order valence-corrected chi connectivity index (χ3v) is 5.48. The van der Waals surface area contributed by atoms with E-state index in [0.29, 0.717) is 22.2 Å². The molecule has 5 nitrogen and oxygen atoms in total. The monoisotopic (exact) mass is 380 g/mol. The van der Waals surface area contributed by atoms with Crippen molar-refractivity contribution in [2.24, 2.45) is 5.92 Å². The summed E-state index contributed by atoms with van der Waals surface area (Å²) >= 11 is 1.30. The molecule has 0 atom stereocenters. The van der Waals surface area contributed by atoms with Crippen LogP contribution in [0, 0.1) is 12.8 Å². The lowest BCUT2D eigenvalue weighted by Gasteiger charge is -2.21. The van der Waals surface area contributed by atoms with Crippen molar-refractivity contribution in [3.8, 4) is 0 Å². The molecule has 0 radical (unpaired) electrons. The molecule has 1 saturated carbocycles. The Morgan fingerprint density at radius 1 is 1.15 bits per heavy atom. The number of carbonyl (C=O) groups is 2. The summed E-state index contributed by atoms with van der Waals surface area (Å²) in [7, 11) is 0. The predicted octanol–water partition coefficient (Wildman–Crippen LogP) is 4.85. The Morgan fingerprint density at radius 3 is 2.59 bits per heavy atom. The maximum Gasteiger partial charge on any atom is 0.268 e. The molecule has 138 valence electrons. The molecule has 4 rings (SSSR count). The van der Waals surface area contributed by atoms with Crippen LogP contribution in [0.15, 0.2) is 59.2 Å². The molecule has 0 saturated heterocycles. The highest BCUT2D eigenvalue weighted by Gasteiger charge is 2.30. The average molecular weight is 380 g/mol. The van der Waals surface area contributed by atoms with Crippen LogP contribution in [0.3, 0.4) is 0 Å². The first-order valence-electron chi connectivity index (χ1n) is 8.92. The second-order valence-corrected chi connectivity index (χ2v) is 7.82. The summed E-state index contributed by atoms with van der Waals surface area (Å²) in [5, 5.41) is 3.61. The van der Waals surface area contributed by atoms with E-state index in [1.807, 2.05) is 43.3 Å². The molecule has 2 heterocycles. The minimum atomic E-state index is -0.118. The molecule has 1 aliphatic carbocycles. The second-order valence-electron chi connectivity index (χ2n) is 6.73. The summed E-state index contributed by atoms with van der Waals surface area (Å²) in [6.07, 6.45) is 3.50. The zero-order valence-electron chi connectivity index (χ0n) is 15.0. The van der Waals surface area contributed by atoms with E-state index in [-0.39, 0.29) is 17.7 Å². The Bertz CT molecular complexity index is 940. The van der Waals surface area contributed by atoms with Gasteiger partial charge in [0, 0.05) is 11.6 Å². The highest BCUT2D eigenvalue weighted by Crippen LogP contribution is 2.32. The first kappa shape index (κ1) is 17.5. The largest absolute Gasteiger partial charge is 0.467 e. The van der Waals surface area contributed by atoms with Gasteiger partial charge in [-0.05, 0) is 56.2 Å². The number of nitrogens with one attached hydrogen (secondary N) is 1. The van der Waals surface area contributed by atoms with Crippen molar-refractivity contribution in [1.82, 2.24) is 0 Å². The highest BCUT2D eigenvalue weighted by atomic mass is 32.1. The maximum absolute atomic E-state index is 13.2. The molecular weight excluding hydrogens is 360 g/mol. The summed E-state index contributed by atoms with van der Waals surface area (Å²) in [6, 6.07) is 15.0. The van der Waals surface area contributed by atoms with Gasteiger partial charge in [-0.1, -0.05) is 17.7 Å². The van der Waals surface area contributed by atoms with Crippen LogP contribution < -0.4 is 10.2 Å². The number of aryl methyl sites for hydroxylation is 1. The molecule has 0 unspecified atom stereocenters. The number of thiophene rings is 1. The molecule has 0 spiro atoms. The first-order valence-corrected chi connectivity index (χ1v) is 9.73. The molecule has 1 aromatic carbocycles. The summed E-state index contributed by atoms with van der Waals surface area (Å²) in [4.78, 5) is 27.4. The Hall–Kier alpha value is -2.86. The van der Waals surface area contributed by atoms with Crippen molar-refractivity contribution in [2.75, 3.05) is 10.2 Å². The van der Waals surface area contributed by atoms with Crippen LogP contribution in [0.2, 0.25) is 0 Å². The van der Waals surface area contributed by atoms with Gasteiger partial charge in [-0.3, -0.25) is 9.59 Å². The average Bonchev–Trinajstić information content (AvgIpc) is 3.20. The number of benzene rings is 1. The molecule has 1 fully saturated rings. The van der Waals surface area contributed by atoms with Gasteiger partial charge in [-0.2, -0.15) is 0 Å². The quantitative estimate of drug-likeness (QED) is 0.665.